The van der Waals surface area contributed by atoms with Crippen LogP contribution in [0, 0.1) is 5.41 Å². The van der Waals surface area contributed by atoms with Gasteiger partial charge in [-0.1, -0.05) is 6.92 Å². The quantitative estimate of drug-likeness (QED) is 0.678. The topological polar surface area (TPSA) is 24.1 Å². The predicted octanol–water partition coefficient (Wildman–Crippen LogP) is 1.47. The van der Waals surface area contributed by atoms with Gasteiger partial charge in [-0.3, -0.25) is 0 Å². The van der Waals surface area contributed by atoms with E-state index in [1.165, 1.54) is 50.4 Å². The maximum absolute atomic E-state index is 3.59. The van der Waals surface area contributed by atoms with Crippen molar-refractivity contribution in [1.82, 2.24) is 10.6 Å². The summed E-state index contributed by atoms with van der Waals surface area (Å²) >= 11 is 2.09. The van der Waals surface area contributed by atoms with Crippen LogP contribution in [-0.2, 0) is 0 Å². The highest BCUT2D eigenvalue weighted by Gasteiger charge is 2.36. The van der Waals surface area contributed by atoms with Gasteiger partial charge in [0.1, 0.15) is 0 Å². The van der Waals surface area contributed by atoms with Gasteiger partial charge in [0.05, 0.1) is 0 Å². The second-order valence-corrected chi connectivity index (χ2v) is 6.15. The first-order chi connectivity index (χ1) is 6.79. The van der Waals surface area contributed by atoms with Crippen LogP contribution in [-0.4, -0.2) is 37.2 Å². The van der Waals surface area contributed by atoms with Crippen molar-refractivity contribution in [2.75, 3.05) is 31.1 Å². The minimum absolute atomic E-state index is 0.661. The monoisotopic (exact) mass is 214 g/mol. The van der Waals surface area contributed by atoms with E-state index in [0.717, 1.165) is 6.04 Å². The van der Waals surface area contributed by atoms with E-state index in [4.69, 9.17) is 0 Å². The van der Waals surface area contributed by atoms with E-state index in [1.807, 2.05) is 0 Å². The van der Waals surface area contributed by atoms with Crippen molar-refractivity contribution < 1.29 is 0 Å². The smallest absolute Gasteiger partial charge is 0.0170 e. The van der Waals surface area contributed by atoms with Gasteiger partial charge in [-0.15, -0.1) is 0 Å². The summed E-state index contributed by atoms with van der Waals surface area (Å²) in [4.78, 5) is 0. The van der Waals surface area contributed by atoms with Gasteiger partial charge in [0.25, 0.3) is 0 Å². The number of rotatable bonds is 5. The molecule has 2 nitrogen and oxygen atoms in total. The molecular formula is C11H22N2S. The Morgan fingerprint density at radius 2 is 2.36 bits per heavy atom. The molecule has 0 aromatic carbocycles. The summed E-state index contributed by atoms with van der Waals surface area (Å²) in [7, 11) is 0. The van der Waals surface area contributed by atoms with Crippen LogP contribution in [0.2, 0.25) is 0 Å². The maximum atomic E-state index is 3.59. The average Bonchev–Trinajstić information content (AvgIpc) is 2.94. The molecular weight excluding hydrogens is 192 g/mol. The number of hydrogen-bond acceptors (Lipinski definition) is 3. The van der Waals surface area contributed by atoms with Crippen molar-refractivity contribution in [1.29, 1.82) is 0 Å². The zero-order valence-corrected chi connectivity index (χ0v) is 9.96. The van der Waals surface area contributed by atoms with Gasteiger partial charge >= 0.3 is 0 Å². The summed E-state index contributed by atoms with van der Waals surface area (Å²) < 4.78 is 0. The lowest BCUT2D eigenvalue weighted by atomic mass is 10.1. The van der Waals surface area contributed by atoms with Crippen LogP contribution < -0.4 is 10.6 Å². The first-order valence-electron chi connectivity index (χ1n) is 5.80. The second kappa shape index (κ2) is 4.86. The molecule has 0 radical (unpaired) electrons. The third-order valence-electron chi connectivity index (χ3n) is 3.32. The molecule has 2 fully saturated rings. The summed E-state index contributed by atoms with van der Waals surface area (Å²) in [5.41, 5.74) is 0.661. The molecule has 1 unspecified atom stereocenters. The van der Waals surface area contributed by atoms with Gasteiger partial charge in [-0.05, 0) is 31.2 Å². The van der Waals surface area contributed by atoms with E-state index < -0.39 is 0 Å². The molecule has 0 amide bonds. The van der Waals surface area contributed by atoms with Crippen LogP contribution in [0.5, 0.6) is 0 Å². The summed E-state index contributed by atoms with van der Waals surface area (Å²) in [6.07, 6.45) is 4.15. The summed E-state index contributed by atoms with van der Waals surface area (Å²) in [6.45, 7) is 6.00. The van der Waals surface area contributed by atoms with Crippen molar-refractivity contribution in [3.05, 3.63) is 0 Å². The number of nitrogens with one attached hydrogen (secondary N) is 2. The Balaban J connectivity index is 1.49. The first kappa shape index (κ1) is 10.8. The van der Waals surface area contributed by atoms with Crippen molar-refractivity contribution in [2.45, 2.75) is 32.2 Å². The second-order valence-electron chi connectivity index (χ2n) is 5.00. The van der Waals surface area contributed by atoms with Gasteiger partial charge in [-0.25, -0.2) is 0 Å². The first-order valence-corrected chi connectivity index (χ1v) is 6.96. The third kappa shape index (κ3) is 3.44. The van der Waals surface area contributed by atoms with Crippen molar-refractivity contribution in [2.24, 2.45) is 5.41 Å². The van der Waals surface area contributed by atoms with Crippen LogP contribution in [0.25, 0.3) is 0 Å². The molecule has 14 heavy (non-hydrogen) atoms. The molecule has 0 bridgehead atoms. The van der Waals surface area contributed by atoms with Gasteiger partial charge in [0.15, 0.2) is 0 Å². The Labute approximate surface area is 91.6 Å². The average molecular weight is 214 g/mol. The molecule has 0 aromatic heterocycles. The standard InChI is InChI=1S/C11H22N2S/c1-11(3-4-11)9-12-5-2-10-8-14-7-6-13-10/h10,12-13H,2-9H2,1H3. The Bertz CT molecular complexity index is 174. The fourth-order valence-corrected chi connectivity index (χ4v) is 2.86. The highest BCUT2D eigenvalue weighted by atomic mass is 32.2. The Morgan fingerprint density at radius 3 is 3.00 bits per heavy atom. The van der Waals surface area contributed by atoms with Crippen molar-refractivity contribution >= 4 is 11.8 Å². The maximum Gasteiger partial charge on any atom is 0.0170 e. The molecule has 1 aliphatic heterocycles. The predicted molar refractivity (Wildman–Crippen MR) is 63.9 cm³/mol. The molecule has 3 heteroatoms. The van der Waals surface area contributed by atoms with Crippen LogP contribution in [0.4, 0.5) is 0 Å². The summed E-state index contributed by atoms with van der Waals surface area (Å²) in [5.74, 6) is 2.60. The third-order valence-corrected chi connectivity index (χ3v) is 4.45. The molecule has 0 spiro atoms. The highest BCUT2D eigenvalue weighted by Crippen LogP contribution is 2.43. The van der Waals surface area contributed by atoms with E-state index in [2.05, 4.69) is 29.3 Å². The van der Waals surface area contributed by atoms with E-state index >= 15 is 0 Å². The SMILES string of the molecule is CC1(CNCCC2CSCCN2)CC1. The van der Waals surface area contributed by atoms with Crippen LogP contribution >= 0.6 is 11.8 Å². The lowest BCUT2D eigenvalue weighted by Crippen LogP contribution is -2.39. The minimum atomic E-state index is 0.661. The van der Waals surface area contributed by atoms with Crippen LogP contribution in [0.1, 0.15) is 26.2 Å². The zero-order chi connectivity index (χ0) is 9.86. The lowest BCUT2D eigenvalue weighted by molar-refractivity contribution is 0.459. The fourth-order valence-electron chi connectivity index (χ4n) is 1.86. The Morgan fingerprint density at radius 1 is 1.50 bits per heavy atom. The molecule has 2 N–H and O–H groups in total. The molecule has 1 heterocycles. The van der Waals surface area contributed by atoms with E-state index in [9.17, 15) is 0 Å². The Kier molecular flexibility index (Phi) is 3.74. The van der Waals surface area contributed by atoms with E-state index in [1.54, 1.807) is 0 Å². The van der Waals surface area contributed by atoms with Gasteiger partial charge in [-0.2, -0.15) is 11.8 Å². The van der Waals surface area contributed by atoms with E-state index in [-0.39, 0.29) is 0 Å². The molecule has 2 aliphatic rings. The van der Waals surface area contributed by atoms with Gasteiger partial charge in [0, 0.05) is 30.6 Å². The summed E-state index contributed by atoms with van der Waals surface area (Å²) in [6, 6.07) is 0.758. The lowest BCUT2D eigenvalue weighted by Gasteiger charge is -2.23. The molecule has 2 rings (SSSR count). The zero-order valence-electron chi connectivity index (χ0n) is 9.14. The molecule has 0 aromatic rings. The van der Waals surface area contributed by atoms with E-state index in [0.29, 0.717) is 5.41 Å². The van der Waals surface area contributed by atoms with Crippen LogP contribution in [0.15, 0.2) is 0 Å². The molecule has 1 saturated heterocycles. The number of thioether (sulfide) groups is 1. The van der Waals surface area contributed by atoms with Crippen molar-refractivity contribution in [3.63, 3.8) is 0 Å². The van der Waals surface area contributed by atoms with Gasteiger partial charge < -0.3 is 10.6 Å². The fraction of sp³-hybridized carbons (Fsp3) is 1.00. The Hall–Kier alpha value is 0.270. The molecule has 1 aliphatic carbocycles. The molecule has 1 saturated carbocycles. The molecule has 82 valence electrons. The summed E-state index contributed by atoms with van der Waals surface area (Å²) in [5, 5.41) is 7.16. The minimum Gasteiger partial charge on any atom is -0.316 e. The highest BCUT2D eigenvalue weighted by molar-refractivity contribution is 7.99. The van der Waals surface area contributed by atoms with Crippen molar-refractivity contribution in [3.8, 4) is 0 Å². The largest absolute Gasteiger partial charge is 0.316 e. The number of hydrogen-bond donors (Lipinski definition) is 2. The normalized spacial score (nSPS) is 30.2. The molecule has 1 atom stereocenters. The van der Waals surface area contributed by atoms with Gasteiger partial charge in [0.2, 0.25) is 0 Å². The van der Waals surface area contributed by atoms with Crippen LogP contribution in [0.3, 0.4) is 0 Å².